The van der Waals surface area contributed by atoms with Crippen LogP contribution < -0.4 is 10.6 Å². The summed E-state index contributed by atoms with van der Waals surface area (Å²) in [5.74, 6) is -0.894. The molecule has 1 heterocycles. The highest BCUT2D eigenvalue weighted by molar-refractivity contribution is 9.10. The summed E-state index contributed by atoms with van der Waals surface area (Å²) in [5, 5.41) is 5.45. The van der Waals surface area contributed by atoms with Gasteiger partial charge < -0.3 is 10.6 Å². The number of urea groups is 1. The van der Waals surface area contributed by atoms with Crippen molar-refractivity contribution in [2.24, 2.45) is 0 Å². The lowest BCUT2D eigenvalue weighted by Crippen LogP contribution is -2.42. The zero-order valence-electron chi connectivity index (χ0n) is 16.9. The lowest BCUT2D eigenvalue weighted by Gasteiger charge is -2.22. The van der Waals surface area contributed by atoms with Crippen molar-refractivity contribution in [2.45, 2.75) is 38.6 Å². The highest BCUT2D eigenvalue weighted by Gasteiger charge is 2.49. The van der Waals surface area contributed by atoms with Crippen LogP contribution in [0.1, 0.15) is 38.8 Å². The molecule has 4 amide bonds. The maximum atomic E-state index is 12.9. The first kappa shape index (κ1) is 21.0. The van der Waals surface area contributed by atoms with Gasteiger partial charge in [0.1, 0.15) is 12.1 Å². The van der Waals surface area contributed by atoms with Crippen molar-refractivity contribution in [3.05, 3.63) is 64.1 Å². The van der Waals surface area contributed by atoms with Crippen LogP contribution in [0.25, 0.3) is 0 Å². The normalized spacial score (nSPS) is 19.3. The second-order valence-electron chi connectivity index (χ2n) is 8.33. The smallest absolute Gasteiger partial charge is 0.325 e. The average molecular weight is 458 g/mol. The fourth-order valence-electron chi connectivity index (χ4n) is 3.23. The molecule has 1 saturated heterocycles. The molecule has 0 bridgehead atoms. The summed E-state index contributed by atoms with van der Waals surface area (Å²) in [6.45, 7) is 7.62. The number of carbonyl (C=O) groups is 3. The van der Waals surface area contributed by atoms with E-state index >= 15 is 0 Å². The minimum atomic E-state index is -1.21. The fraction of sp³-hybridized carbons (Fsp3) is 0.318. The SMILES string of the molecule is CC(C)(C)c1ccc(NC(=O)CN2C(=O)NC(C)(c3cccc(Br)c3)C2=O)cc1. The highest BCUT2D eigenvalue weighted by atomic mass is 79.9. The highest BCUT2D eigenvalue weighted by Crippen LogP contribution is 2.30. The molecule has 3 rings (SSSR count). The number of hydrogen-bond acceptors (Lipinski definition) is 3. The molecule has 0 aliphatic carbocycles. The van der Waals surface area contributed by atoms with Crippen LogP contribution in [-0.2, 0) is 20.5 Å². The molecule has 7 heteroatoms. The van der Waals surface area contributed by atoms with E-state index in [1.807, 2.05) is 30.3 Å². The first-order valence-electron chi connectivity index (χ1n) is 9.31. The summed E-state index contributed by atoms with van der Waals surface area (Å²) in [6, 6.07) is 14.1. The van der Waals surface area contributed by atoms with Gasteiger partial charge in [-0.15, -0.1) is 0 Å². The number of nitrogens with one attached hydrogen (secondary N) is 2. The van der Waals surface area contributed by atoms with Crippen molar-refractivity contribution in [3.8, 4) is 0 Å². The van der Waals surface area contributed by atoms with E-state index in [0.717, 1.165) is 14.9 Å². The van der Waals surface area contributed by atoms with Gasteiger partial charge in [0, 0.05) is 10.2 Å². The minimum absolute atomic E-state index is 0.0134. The fourth-order valence-corrected chi connectivity index (χ4v) is 3.63. The molecule has 0 radical (unpaired) electrons. The number of nitrogens with zero attached hydrogens (tertiary/aromatic N) is 1. The summed E-state index contributed by atoms with van der Waals surface area (Å²) in [4.78, 5) is 38.7. The Balaban J connectivity index is 1.71. The van der Waals surface area contributed by atoms with E-state index in [2.05, 4.69) is 47.3 Å². The average Bonchev–Trinajstić information content (AvgIpc) is 2.85. The quantitative estimate of drug-likeness (QED) is 0.676. The summed E-state index contributed by atoms with van der Waals surface area (Å²) >= 11 is 3.38. The van der Waals surface area contributed by atoms with Gasteiger partial charge in [-0.05, 0) is 47.7 Å². The monoisotopic (exact) mass is 457 g/mol. The lowest BCUT2D eigenvalue weighted by molar-refractivity contribution is -0.133. The summed E-state index contributed by atoms with van der Waals surface area (Å²) in [5.41, 5.74) is 1.21. The van der Waals surface area contributed by atoms with E-state index < -0.39 is 23.4 Å². The van der Waals surface area contributed by atoms with E-state index in [1.54, 1.807) is 25.1 Å². The Hall–Kier alpha value is -2.67. The zero-order chi connectivity index (χ0) is 21.4. The van der Waals surface area contributed by atoms with Gasteiger partial charge in [-0.1, -0.05) is 61.0 Å². The van der Waals surface area contributed by atoms with Crippen LogP contribution >= 0.6 is 15.9 Å². The Bertz CT molecular complexity index is 966. The Morgan fingerprint density at radius 1 is 1.14 bits per heavy atom. The number of carbonyl (C=O) groups excluding carboxylic acids is 3. The maximum absolute atomic E-state index is 12.9. The molecule has 1 atom stereocenters. The summed E-state index contributed by atoms with van der Waals surface area (Å²) in [6.07, 6.45) is 0. The first-order chi connectivity index (χ1) is 13.5. The van der Waals surface area contributed by atoms with Crippen LogP contribution in [0.2, 0.25) is 0 Å². The molecule has 1 aliphatic rings. The van der Waals surface area contributed by atoms with E-state index in [1.165, 1.54) is 0 Å². The molecule has 2 aromatic rings. The van der Waals surface area contributed by atoms with Crippen molar-refractivity contribution in [1.29, 1.82) is 0 Å². The van der Waals surface area contributed by atoms with Crippen molar-refractivity contribution < 1.29 is 14.4 Å². The summed E-state index contributed by atoms with van der Waals surface area (Å²) in [7, 11) is 0. The van der Waals surface area contributed by atoms with Gasteiger partial charge in [-0.25, -0.2) is 4.79 Å². The standard InChI is InChI=1S/C22H24BrN3O3/c1-21(2,3)14-8-10-17(11-9-14)24-18(27)13-26-19(28)22(4,25-20(26)29)15-6-5-7-16(23)12-15/h5-12H,13H2,1-4H3,(H,24,27)(H,25,29). The van der Waals surface area contributed by atoms with Crippen LogP contribution in [-0.4, -0.2) is 29.3 Å². The van der Waals surface area contributed by atoms with Gasteiger partial charge in [0.2, 0.25) is 5.91 Å². The van der Waals surface area contributed by atoms with Crippen molar-refractivity contribution in [1.82, 2.24) is 10.2 Å². The van der Waals surface area contributed by atoms with E-state index in [9.17, 15) is 14.4 Å². The van der Waals surface area contributed by atoms with Crippen LogP contribution in [0.4, 0.5) is 10.5 Å². The lowest BCUT2D eigenvalue weighted by atomic mass is 9.87. The molecule has 6 nitrogen and oxygen atoms in total. The second-order valence-corrected chi connectivity index (χ2v) is 9.25. The van der Waals surface area contributed by atoms with Crippen molar-refractivity contribution in [3.63, 3.8) is 0 Å². The van der Waals surface area contributed by atoms with E-state index in [0.29, 0.717) is 11.3 Å². The topological polar surface area (TPSA) is 78.5 Å². The molecule has 2 N–H and O–H groups in total. The molecular weight excluding hydrogens is 434 g/mol. The molecule has 1 aliphatic heterocycles. The van der Waals surface area contributed by atoms with Crippen LogP contribution in [0.3, 0.4) is 0 Å². The second kappa shape index (κ2) is 7.63. The minimum Gasteiger partial charge on any atom is -0.325 e. The number of hydrogen-bond donors (Lipinski definition) is 2. The number of amides is 4. The van der Waals surface area contributed by atoms with Gasteiger partial charge >= 0.3 is 6.03 Å². The van der Waals surface area contributed by atoms with Crippen LogP contribution in [0, 0.1) is 0 Å². The number of rotatable bonds is 4. The molecule has 152 valence electrons. The van der Waals surface area contributed by atoms with Gasteiger partial charge in [0.15, 0.2) is 0 Å². The van der Waals surface area contributed by atoms with Gasteiger partial charge in [-0.3, -0.25) is 14.5 Å². The molecule has 0 aromatic heterocycles. The molecule has 1 fully saturated rings. The van der Waals surface area contributed by atoms with Crippen LogP contribution in [0.15, 0.2) is 53.0 Å². The predicted octanol–water partition coefficient (Wildman–Crippen LogP) is 4.15. The Morgan fingerprint density at radius 3 is 2.38 bits per heavy atom. The molecule has 29 heavy (non-hydrogen) atoms. The Kier molecular flexibility index (Phi) is 5.54. The molecule has 0 saturated carbocycles. The van der Waals surface area contributed by atoms with Gasteiger partial charge in [0.25, 0.3) is 5.91 Å². The number of benzene rings is 2. The first-order valence-corrected chi connectivity index (χ1v) is 10.1. The van der Waals surface area contributed by atoms with E-state index in [-0.39, 0.29) is 12.0 Å². The predicted molar refractivity (Wildman–Crippen MR) is 116 cm³/mol. The molecular formula is C22H24BrN3O3. The van der Waals surface area contributed by atoms with Gasteiger partial charge in [0.05, 0.1) is 0 Å². The molecule has 1 unspecified atom stereocenters. The third-order valence-electron chi connectivity index (χ3n) is 5.01. The Morgan fingerprint density at radius 2 is 1.79 bits per heavy atom. The third kappa shape index (κ3) is 4.34. The number of halogens is 1. The Labute approximate surface area is 178 Å². The summed E-state index contributed by atoms with van der Waals surface area (Å²) < 4.78 is 0.799. The van der Waals surface area contributed by atoms with Gasteiger partial charge in [-0.2, -0.15) is 0 Å². The van der Waals surface area contributed by atoms with Crippen molar-refractivity contribution >= 4 is 39.5 Å². The molecule has 0 spiro atoms. The molecule has 2 aromatic carbocycles. The van der Waals surface area contributed by atoms with Crippen LogP contribution in [0.5, 0.6) is 0 Å². The number of imide groups is 1. The third-order valence-corrected chi connectivity index (χ3v) is 5.51. The number of anilines is 1. The van der Waals surface area contributed by atoms with Crippen molar-refractivity contribution in [2.75, 3.05) is 11.9 Å². The van der Waals surface area contributed by atoms with E-state index in [4.69, 9.17) is 0 Å². The largest absolute Gasteiger partial charge is 0.325 e. The zero-order valence-corrected chi connectivity index (χ0v) is 18.5. The maximum Gasteiger partial charge on any atom is 0.325 e.